The predicted molar refractivity (Wildman–Crippen MR) is 101 cm³/mol. The molecule has 27 heavy (non-hydrogen) atoms. The molecule has 0 unspecified atom stereocenters. The summed E-state index contributed by atoms with van der Waals surface area (Å²) in [6.45, 7) is -0.569. The van der Waals surface area contributed by atoms with Gasteiger partial charge >= 0.3 is 11.9 Å². The number of carboxylic acids is 1. The summed E-state index contributed by atoms with van der Waals surface area (Å²) in [5.41, 5.74) is 3.43. The highest BCUT2D eigenvalue weighted by atomic mass is 35.5. The Hall–Kier alpha value is -3.03. The molecule has 7 nitrogen and oxygen atoms in total. The van der Waals surface area contributed by atoms with Crippen molar-refractivity contribution in [1.29, 1.82) is 0 Å². The number of hydrogen-bond donors (Lipinski definition) is 2. The minimum absolute atomic E-state index is 0.0594. The molecule has 0 saturated heterocycles. The lowest BCUT2D eigenvalue weighted by molar-refractivity contribution is -0.139. The summed E-state index contributed by atoms with van der Waals surface area (Å²) in [5, 5.41) is 13.5. The molecule has 0 aliphatic rings. The Morgan fingerprint density at radius 1 is 1.19 bits per heavy atom. The van der Waals surface area contributed by atoms with Gasteiger partial charge in [0.2, 0.25) is 0 Å². The van der Waals surface area contributed by atoms with Gasteiger partial charge in [-0.2, -0.15) is 5.10 Å². The summed E-state index contributed by atoms with van der Waals surface area (Å²) >= 11 is 12.1. The molecule has 0 aliphatic carbocycles. The number of carboxylic acid groups (broad SMARTS) is 1. The van der Waals surface area contributed by atoms with Crippen molar-refractivity contribution in [3.8, 4) is 5.75 Å². The van der Waals surface area contributed by atoms with Crippen molar-refractivity contribution < 1.29 is 23.8 Å². The van der Waals surface area contributed by atoms with Crippen molar-refractivity contribution in [3.05, 3.63) is 63.8 Å². The Morgan fingerprint density at radius 3 is 2.56 bits per heavy atom. The van der Waals surface area contributed by atoms with Crippen molar-refractivity contribution in [1.82, 2.24) is 5.43 Å². The molecule has 0 atom stereocenters. The molecular formula is C18H12Cl2N2O5. The number of carbonyl (C=O) groups is 2. The molecule has 0 saturated carbocycles. The second-order valence-corrected chi connectivity index (χ2v) is 6.16. The molecule has 0 radical (unpaired) electrons. The van der Waals surface area contributed by atoms with Crippen LogP contribution in [0, 0.1) is 0 Å². The second-order valence-electron chi connectivity index (χ2n) is 5.34. The molecule has 0 fully saturated rings. The van der Waals surface area contributed by atoms with Gasteiger partial charge in [-0.05, 0) is 29.8 Å². The van der Waals surface area contributed by atoms with Gasteiger partial charge in [-0.1, -0.05) is 41.4 Å². The van der Waals surface area contributed by atoms with Gasteiger partial charge in [0.25, 0.3) is 0 Å². The summed E-state index contributed by atoms with van der Waals surface area (Å²) in [6.07, 6.45) is 1.33. The van der Waals surface area contributed by atoms with Gasteiger partial charge in [0.15, 0.2) is 18.1 Å². The lowest BCUT2D eigenvalue weighted by atomic mass is 10.2. The fourth-order valence-corrected chi connectivity index (χ4v) is 2.85. The van der Waals surface area contributed by atoms with Crippen molar-refractivity contribution in [3.63, 3.8) is 0 Å². The Morgan fingerprint density at radius 2 is 1.89 bits per heavy atom. The Labute approximate surface area is 163 Å². The summed E-state index contributed by atoms with van der Waals surface area (Å²) in [6, 6.07) is 11.8. The minimum atomic E-state index is -1.15. The molecule has 2 N–H and O–H groups in total. The molecule has 3 rings (SSSR count). The van der Waals surface area contributed by atoms with Gasteiger partial charge in [-0.15, -0.1) is 0 Å². The number of aliphatic carboxylic acids is 1. The topological polar surface area (TPSA) is 101 Å². The first-order valence-electron chi connectivity index (χ1n) is 7.59. The number of halogens is 2. The highest BCUT2D eigenvalue weighted by Crippen LogP contribution is 2.33. The van der Waals surface area contributed by atoms with E-state index in [-0.39, 0.29) is 21.6 Å². The highest BCUT2D eigenvalue weighted by molar-refractivity contribution is 6.37. The number of para-hydroxylation sites is 1. The van der Waals surface area contributed by atoms with Crippen LogP contribution in [-0.4, -0.2) is 29.8 Å². The number of rotatable bonds is 6. The summed E-state index contributed by atoms with van der Waals surface area (Å²) in [5.74, 6) is -1.48. The van der Waals surface area contributed by atoms with Crippen LogP contribution < -0.4 is 10.2 Å². The molecule has 9 heteroatoms. The van der Waals surface area contributed by atoms with Gasteiger partial charge in [0, 0.05) is 5.39 Å². The average Bonchev–Trinajstić information content (AvgIpc) is 3.05. The van der Waals surface area contributed by atoms with E-state index in [1.807, 2.05) is 18.2 Å². The normalized spacial score (nSPS) is 11.0. The zero-order chi connectivity index (χ0) is 19.4. The van der Waals surface area contributed by atoms with Crippen LogP contribution in [0.25, 0.3) is 11.0 Å². The number of fused-ring (bicyclic) bond motifs is 1. The Kier molecular flexibility index (Phi) is 5.63. The molecule has 2 aromatic carbocycles. The maximum absolute atomic E-state index is 12.1. The van der Waals surface area contributed by atoms with Crippen LogP contribution >= 0.6 is 23.2 Å². The third-order valence-corrected chi connectivity index (χ3v) is 3.95. The minimum Gasteiger partial charge on any atom is -0.479 e. The number of amides is 1. The van der Waals surface area contributed by atoms with E-state index in [2.05, 4.69) is 10.5 Å². The number of ether oxygens (including phenoxy) is 1. The van der Waals surface area contributed by atoms with Crippen LogP contribution in [0.1, 0.15) is 16.1 Å². The van der Waals surface area contributed by atoms with E-state index in [0.29, 0.717) is 11.1 Å². The molecular weight excluding hydrogens is 395 g/mol. The summed E-state index contributed by atoms with van der Waals surface area (Å²) in [7, 11) is 0. The molecule has 0 spiro atoms. The molecule has 0 aliphatic heterocycles. The van der Waals surface area contributed by atoms with Gasteiger partial charge in [-0.3, -0.25) is 4.79 Å². The van der Waals surface area contributed by atoms with E-state index in [4.69, 9.17) is 37.5 Å². The van der Waals surface area contributed by atoms with Crippen LogP contribution in [0.2, 0.25) is 10.0 Å². The first kappa shape index (κ1) is 18.8. The predicted octanol–water partition coefficient (Wildman–Crippen LogP) is 3.97. The number of carbonyl (C=O) groups excluding carboxylic acids is 1. The summed E-state index contributed by atoms with van der Waals surface area (Å²) in [4.78, 5) is 22.7. The number of benzene rings is 2. The molecule has 1 aromatic heterocycles. The average molecular weight is 407 g/mol. The van der Waals surface area contributed by atoms with Crippen molar-refractivity contribution >= 4 is 52.3 Å². The van der Waals surface area contributed by atoms with E-state index in [1.165, 1.54) is 18.3 Å². The first-order chi connectivity index (χ1) is 12.9. The van der Waals surface area contributed by atoms with Gasteiger partial charge in [-0.25, -0.2) is 10.2 Å². The van der Waals surface area contributed by atoms with Crippen LogP contribution in [0.5, 0.6) is 5.75 Å². The smallest absolute Gasteiger partial charge is 0.341 e. The summed E-state index contributed by atoms with van der Waals surface area (Å²) < 4.78 is 10.5. The van der Waals surface area contributed by atoms with E-state index >= 15 is 0 Å². The molecule has 138 valence electrons. The highest BCUT2D eigenvalue weighted by Gasteiger charge is 2.12. The second kappa shape index (κ2) is 8.11. The van der Waals surface area contributed by atoms with Gasteiger partial charge < -0.3 is 14.3 Å². The quantitative estimate of drug-likeness (QED) is 0.476. The third-order valence-electron chi connectivity index (χ3n) is 3.39. The standard InChI is InChI=1S/C18H12Cl2N2O5/c19-12-5-10(6-13(20)17(12)26-9-16(23)24)8-21-22-18(25)15-7-11-3-1-2-4-14(11)27-15/h1-8H,9H2,(H,22,25)(H,23,24)/b21-8+. The fraction of sp³-hybridized carbons (Fsp3) is 0.0556. The number of hydrazone groups is 1. The largest absolute Gasteiger partial charge is 0.479 e. The maximum atomic E-state index is 12.1. The lowest BCUT2D eigenvalue weighted by Crippen LogP contribution is -2.16. The molecule has 3 aromatic rings. The van der Waals surface area contributed by atoms with E-state index in [0.717, 1.165) is 5.39 Å². The number of nitrogens with one attached hydrogen (secondary N) is 1. The SMILES string of the molecule is O=C(O)COc1c(Cl)cc(/C=N/NC(=O)c2cc3ccccc3o2)cc1Cl. The fourth-order valence-electron chi connectivity index (χ4n) is 2.24. The number of furan rings is 1. The first-order valence-corrected chi connectivity index (χ1v) is 8.35. The Balaban J connectivity index is 1.68. The maximum Gasteiger partial charge on any atom is 0.341 e. The monoisotopic (exact) mass is 406 g/mol. The molecule has 0 bridgehead atoms. The van der Waals surface area contributed by atoms with Gasteiger partial charge in [0.1, 0.15) is 5.58 Å². The third kappa shape index (κ3) is 4.58. The number of hydrogen-bond acceptors (Lipinski definition) is 5. The van der Waals surface area contributed by atoms with Crippen molar-refractivity contribution in [2.45, 2.75) is 0 Å². The Bertz CT molecular complexity index is 989. The van der Waals surface area contributed by atoms with E-state index < -0.39 is 18.5 Å². The molecule has 1 heterocycles. The van der Waals surface area contributed by atoms with Crippen LogP contribution in [0.4, 0.5) is 0 Å². The zero-order valence-corrected chi connectivity index (χ0v) is 15.1. The number of nitrogens with zero attached hydrogens (tertiary/aromatic N) is 1. The molecule has 1 amide bonds. The van der Waals surface area contributed by atoms with Gasteiger partial charge in [0.05, 0.1) is 16.3 Å². The zero-order valence-electron chi connectivity index (χ0n) is 13.6. The van der Waals surface area contributed by atoms with Crippen LogP contribution in [0.15, 0.2) is 52.0 Å². The van der Waals surface area contributed by atoms with Crippen molar-refractivity contribution in [2.75, 3.05) is 6.61 Å². The van der Waals surface area contributed by atoms with E-state index in [9.17, 15) is 9.59 Å². The van der Waals surface area contributed by atoms with Crippen LogP contribution in [-0.2, 0) is 4.79 Å². The van der Waals surface area contributed by atoms with Crippen LogP contribution in [0.3, 0.4) is 0 Å². The van der Waals surface area contributed by atoms with Crippen molar-refractivity contribution in [2.24, 2.45) is 5.10 Å². The lowest BCUT2D eigenvalue weighted by Gasteiger charge is -2.08. The van der Waals surface area contributed by atoms with E-state index in [1.54, 1.807) is 12.1 Å².